The summed E-state index contributed by atoms with van der Waals surface area (Å²) in [5.74, 6) is 0. The third-order valence-corrected chi connectivity index (χ3v) is 16.2. The van der Waals surface area contributed by atoms with Gasteiger partial charge in [-0.2, -0.15) is 0 Å². The van der Waals surface area contributed by atoms with E-state index in [9.17, 15) is 0 Å². The summed E-state index contributed by atoms with van der Waals surface area (Å²) < 4.78 is 8.71. The van der Waals surface area contributed by atoms with Crippen LogP contribution in [0.4, 0.5) is 51.2 Å². The zero-order valence-corrected chi connectivity index (χ0v) is 43.6. The Hall–Kier alpha value is -7.28. The first-order valence-electron chi connectivity index (χ1n) is 25.1. The van der Waals surface area contributed by atoms with E-state index in [-0.39, 0.29) is 17.5 Å². The monoisotopic (exact) mass is 941 g/mol. The second kappa shape index (κ2) is 16.4. The third kappa shape index (κ3) is 7.32. The Morgan fingerprint density at radius 2 is 1.11 bits per heavy atom. The zero-order chi connectivity index (χ0) is 49.2. The average molecular weight is 942 g/mol. The number of hydrogen-bond acceptors (Lipinski definition) is 5. The second-order valence-corrected chi connectivity index (χ2v) is 23.2. The lowest BCUT2D eigenvalue weighted by Crippen LogP contribution is -2.61. The second-order valence-electron chi connectivity index (χ2n) is 22.2. The molecule has 0 N–H and O–H groups in total. The highest BCUT2D eigenvalue weighted by molar-refractivity contribution is 7.22. The van der Waals surface area contributed by atoms with Gasteiger partial charge in [-0.25, -0.2) is 0 Å². The van der Waals surface area contributed by atoms with Crippen molar-refractivity contribution in [1.29, 1.82) is 0 Å². The van der Waals surface area contributed by atoms with Gasteiger partial charge < -0.3 is 19.1 Å². The highest BCUT2D eigenvalue weighted by atomic mass is 32.1. The van der Waals surface area contributed by atoms with Gasteiger partial charge in [-0.1, -0.05) is 133 Å². The lowest BCUT2D eigenvalue weighted by Gasteiger charge is -2.44. The maximum absolute atomic E-state index is 7.41. The molecular formula is C65H60BN3OS. The number of aryl methyl sites for hydroxylation is 5. The van der Waals surface area contributed by atoms with Crippen molar-refractivity contribution in [2.45, 2.75) is 87.0 Å². The Balaban J connectivity index is 1.12. The molecule has 2 aliphatic rings. The van der Waals surface area contributed by atoms with Gasteiger partial charge >= 0.3 is 0 Å². The largest absolute Gasteiger partial charge is 0.468 e. The van der Waals surface area contributed by atoms with Crippen molar-refractivity contribution in [3.63, 3.8) is 0 Å². The standard InChI is InChI=1S/C65H60BN3OS/c1-39-32-54-59-55(33-39)69(61-42(4)34-47(35-43(61)5)65(9,10)11)62-51-37-46(64(6,7)8)26-31-56(51)70-63(62)66(59)52-30-29-50(38-53(52)68(54)60-40(2)18-17-19-41(60)3)67(48-21-13-12-14-22-48)49-27-24-44(25-28-49)58-36-45-20-15-16-23-57(45)71-58/h12-38H,1-11H3. The number of nitrogens with zero attached hydrogens (tertiary/aromatic N) is 3. The van der Waals surface area contributed by atoms with Crippen molar-refractivity contribution >= 4 is 107 Å². The fraction of sp³-hybridized carbons (Fsp3) is 0.200. The molecule has 0 aliphatic carbocycles. The number of fused-ring (bicyclic) bond motifs is 7. The van der Waals surface area contributed by atoms with Crippen molar-refractivity contribution in [1.82, 2.24) is 0 Å². The molecule has 0 radical (unpaired) electrons. The van der Waals surface area contributed by atoms with E-state index in [1.54, 1.807) is 0 Å². The molecule has 0 saturated heterocycles. The summed E-state index contributed by atoms with van der Waals surface area (Å²) in [6.45, 7) is 25.0. The number of hydrogen-bond donors (Lipinski definition) is 0. The highest BCUT2D eigenvalue weighted by Crippen LogP contribution is 2.51. The van der Waals surface area contributed by atoms with Crippen LogP contribution in [0.15, 0.2) is 168 Å². The number of rotatable bonds is 6. The van der Waals surface area contributed by atoms with Gasteiger partial charge in [-0.3, -0.25) is 0 Å². The molecule has 0 unspecified atom stereocenters. The van der Waals surface area contributed by atoms with E-state index in [4.69, 9.17) is 4.42 Å². The molecule has 8 aromatic carbocycles. The van der Waals surface area contributed by atoms with Crippen LogP contribution < -0.4 is 31.3 Å². The Labute approximate surface area is 423 Å². The molecular weight excluding hydrogens is 882 g/mol. The molecule has 10 aromatic rings. The van der Waals surface area contributed by atoms with E-state index in [0.29, 0.717) is 0 Å². The minimum atomic E-state index is -0.179. The van der Waals surface area contributed by atoms with Gasteiger partial charge in [0.1, 0.15) is 5.58 Å². The molecule has 0 atom stereocenters. The summed E-state index contributed by atoms with van der Waals surface area (Å²) in [6.07, 6.45) is 0. The van der Waals surface area contributed by atoms with Crippen molar-refractivity contribution in [3.05, 3.63) is 203 Å². The summed E-state index contributed by atoms with van der Waals surface area (Å²) in [5.41, 5.74) is 24.7. The quantitative estimate of drug-likeness (QED) is 0.155. The van der Waals surface area contributed by atoms with Crippen molar-refractivity contribution < 1.29 is 4.42 Å². The average Bonchev–Trinajstić information content (AvgIpc) is 3.95. The summed E-state index contributed by atoms with van der Waals surface area (Å²) in [5, 5.41) is 2.42. The van der Waals surface area contributed by atoms with Crippen LogP contribution in [0, 0.1) is 34.6 Å². The SMILES string of the molecule is Cc1cc2c3c(c1)N(c1c(C)cc(C(C)(C)C)cc1C)c1c(oc4ccc(C(C)(C)C)cc14)B3c1ccc(N(c3ccccc3)c3ccc(-c4cc5ccccc5s4)cc3)cc1N2c1c(C)cccc1C. The predicted octanol–water partition coefficient (Wildman–Crippen LogP) is 17.0. The van der Waals surface area contributed by atoms with E-state index >= 15 is 0 Å². The molecule has 6 heteroatoms. The lowest BCUT2D eigenvalue weighted by atomic mass is 9.35. The normalized spacial score (nSPS) is 13.2. The Morgan fingerprint density at radius 1 is 0.493 bits per heavy atom. The molecule has 0 spiro atoms. The molecule has 4 nitrogen and oxygen atoms in total. The number of para-hydroxylation sites is 2. The molecule has 350 valence electrons. The maximum atomic E-state index is 7.41. The van der Waals surface area contributed by atoms with Crippen molar-refractivity contribution in [3.8, 4) is 10.4 Å². The molecule has 0 fully saturated rings. The summed E-state index contributed by atoms with van der Waals surface area (Å²) in [6, 6.07) is 61.3. The highest BCUT2D eigenvalue weighted by Gasteiger charge is 2.48. The summed E-state index contributed by atoms with van der Waals surface area (Å²) >= 11 is 1.85. The van der Waals surface area contributed by atoms with E-state index in [1.807, 2.05) is 11.3 Å². The number of furan rings is 1. The van der Waals surface area contributed by atoms with Gasteiger partial charge in [0, 0.05) is 49.1 Å². The molecule has 0 saturated carbocycles. The first-order chi connectivity index (χ1) is 34.0. The van der Waals surface area contributed by atoms with Gasteiger partial charge in [0.25, 0.3) is 6.71 Å². The number of anilines is 9. The van der Waals surface area contributed by atoms with E-state index in [1.165, 1.54) is 93.1 Å². The maximum Gasteiger partial charge on any atom is 0.297 e. The van der Waals surface area contributed by atoms with E-state index in [0.717, 1.165) is 45.1 Å². The summed E-state index contributed by atoms with van der Waals surface area (Å²) in [4.78, 5) is 8.83. The topological polar surface area (TPSA) is 22.9 Å². The molecule has 0 bridgehead atoms. The van der Waals surface area contributed by atoms with Gasteiger partial charge in [-0.15, -0.1) is 11.3 Å². The van der Waals surface area contributed by atoms with Gasteiger partial charge in [-0.05, 0) is 179 Å². The Bertz CT molecular complexity index is 3680. The summed E-state index contributed by atoms with van der Waals surface area (Å²) in [7, 11) is 0. The number of benzene rings is 8. The Kier molecular flexibility index (Phi) is 10.4. The van der Waals surface area contributed by atoms with Crippen molar-refractivity contribution in [2.75, 3.05) is 14.7 Å². The van der Waals surface area contributed by atoms with Gasteiger partial charge in [0.2, 0.25) is 0 Å². The van der Waals surface area contributed by atoms with Crippen LogP contribution in [0.3, 0.4) is 0 Å². The van der Waals surface area contributed by atoms with E-state index < -0.39 is 0 Å². The molecule has 4 heterocycles. The molecule has 71 heavy (non-hydrogen) atoms. The van der Waals surface area contributed by atoms with Crippen LogP contribution in [0.1, 0.15) is 80.5 Å². The molecule has 12 rings (SSSR count). The third-order valence-electron chi connectivity index (χ3n) is 15.0. The zero-order valence-electron chi connectivity index (χ0n) is 42.8. The minimum absolute atomic E-state index is 0.00630. The van der Waals surface area contributed by atoms with Crippen LogP contribution in [0.25, 0.3) is 31.5 Å². The fourth-order valence-electron chi connectivity index (χ4n) is 11.5. The van der Waals surface area contributed by atoms with Crippen LogP contribution in [-0.4, -0.2) is 6.71 Å². The smallest absolute Gasteiger partial charge is 0.297 e. The first kappa shape index (κ1) is 44.9. The van der Waals surface area contributed by atoms with Crippen LogP contribution >= 0.6 is 11.3 Å². The molecule has 2 aliphatic heterocycles. The minimum Gasteiger partial charge on any atom is -0.468 e. The van der Waals surface area contributed by atoms with E-state index in [2.05, 4.69) is 255 Å². The molecule has 2 aromatic heterocycles. The van der Waals surface area contributed by atoms with Gasteiger partial charge in [0.15, 0.2) is 0 Å². The van der Waals surface area contributed by atoms with Crippen molar-refractivity contribution in [2.24, 2.45) is 0 Å². The molecule has 0 amide bonds. The fourth-order valence-corrected chi connectivity index (χ4v) is 12.6. The van der Waals surface area contributed by atoms with Crippen LogP contribution in [0.2, 0.25) is 0 Å². The lowest BCUT2D eigenvalue weighted by molar-refractivity contribution is 0.589. The first-order valence-corrected chi connectivity index (χ1v) is 25.9. The van der Waals surface area contributed by atoms with Crippen LogP contribution in [0.5, 0.6) is 0 Å². The van der Waals surface area contributed by atoms with Gasteiger partial charge in [0.05, 0.1) is 22.7 Å². The Morgan fingerprint density at radius 3 is 1.79 bits per heavy atom. The van der Waals surface area contributed by atoms with Crippen LogP contribution in [-0.2, 0) is 10.8 Å². The number of thiophene rings is 1. The predicted molar refractivity (Wildman–Crippen MR) is 307 cm³/mol.